The van der Waals surface area contributed by atoms with Crippen LogP contribution >= 0.6 is 0 Å². The number of rotatable bonds is 4. The third kappa shape index (κ3) is 1.69. The van der Waals surface area contributed by atoms with Crippen molar-refractivity contribution in [3.05, 3.63) is 29.8 Å². The van der Waals surface area contributed by atoms with Gasteiger partial charge in [-0.2, -0.15) is 0 Å². The van der Waals surface area contributed by atoms with Crippen molar-refractivity contribution < 1.29 is 14.6 Å². The van der Waals surface area contributed by atoms with Crippen LogP contribution in [0.15, 0.2) is 24.3 Å². The fraction of sp³-hybridized carbons (Fsp3) is 0.462. The zero-order valence-electron chi connectivity index (χ0n) is 10.1. The van der Waals surface area contributed by atoms with E-state index in [9.17, 15) is 9.90 Å². The molecular weight excluding hydrogens is 218 g/mol. The number of methoxy groups -OCH3 is 1. The minimum absolute atomic E-state index is 0.451. The minimum atomic E-state index is -1.24. The number of aliphatic carboxylic acids is 1. The lowest BCUT2D eigenvalue weighted by molar-refractivity contribution is -0.144. The predicted molar refractivity (Wildman–Crippen MR) is 64.1 cm³/mol. The maximum Gasteiger partial charge on any atom is 0.324 e. The summed E-state index contributed by atoms with van der Waals surface area (Å²) in [7, 11) is 1.59. The Hall–Kier alpha value is -1.55. The third-order valence-electron chi connectivity index (χ3n) is 3.81. The van der Waals surface area contributed by atoms with Gasteiger partial charge in [0.15, 0.2) is 0 Å². The highest BCUT2D eigenvalue weighted by Crippen LogP contribution is 2.55. The van der Waals surface area contributed by atoms with Crippen LogP contribution < -0.4 is 10.5 Å². The van der Waals surface area contributed by atoms with Crippen LogP contribution in [0, 0.1) is 0 Å². The van der Waals surface area contributed by atoms with E-state index in [1.54, 1.807) is 14.0 Å². The Bertz CT molecular complexity index is 450. The smallest absolute Gasteiger partial charge is 0.324 e. The summed E-state index contributed by atoms with van der Waals surface area (Å²) in [6.07, 6.45) is 1.61. The van der Waals surface area contributed by atoms with Gasteiger partial charge in [0.1, 0.15) is 11.3 Å². The second-order valence-corrected chi connectivity index (χ2v) is 4.82. The van der Waals surface area contributed by atoms with Crippen LogP contribution in [0.5, 0.6) is 5.75 Å². The van der Waals surface area contributed by atoms with Crippen molar-refractivity contribution in [2.45, 2.75) is 30.7 Å². The van der Waals surface area contributed by atoms with E-state index in [2.05, 4.69) is 0 Å². The summed E-state index contributed by atoms with van der Waals surface area (Å²) in [4.78, 5) is 11.3. The molecule has 0 radical (unpaired) electrons. The van der Waals surface area contributed by atoms with Crippen molar-refractivity contribution in [3.8, 4) is 5.75 Å². The summed E-state index contributed by atoms with van der Waals surface area (Å²) in [6, 6.07) is 7.50. The minimum Gasteiger partial charge on any atom is -0.497 e. The quantitative estimate of drug-likeness (QED) is 0.830. The molecule has 1 aliphatic rings. The predicted octanol–water partition coefficient (Wildman–Crippen LogP) is 1.53. The lowest BCUT2D eigenvalue weighted by Gasteiger charge is -2.31. The molecule has 0 saturated heterocycles. The number of hydrogen-bond acceptors (Lipinski definition) is 3. The SMILES string of the molecule is COc1cccc(C2(C(C)(N)C(=O)O)CC2)c1. The number of ether oxygens (including phenoxy) is 1. The number of carbonyl (C=O) groups is 1. The molecule has 92 valence electrons. The highest BCUT2D eigenvalue weighted by molar-refractivity contribution is 5.82. The number of carboxylic acids is 1. The van der Waals surface area contributed by atoms with Crippen LogP contribution in [0.3, 0.4) is 0 Å². The lowest BCUT2D eigenvalue weighted by Crippen LogP contribution is -2.54. The van der Waals surface area contributed by atoms with Crippen LogP contribution in [0.1, 0.15) is 25.3 Å². The zero-order chi connectivity index (χ0) is 12.7. The fourth-order valence-electron chi connectivity index (χ4n) is 2.36. The van der Waals surface area contributed by atoms with Crippen molar-refractivity contribution >= 4 is 5.97 Å². The molecule has 1 fully saturated rings. The van der Waals surface area contributed by atoms with Crippen LogP contribution in [-0.4, -0.2) is 23.7 Å². The van der Waals surface area contributed by atoms with Gasteiger partial charge < -0.3 is 15.6 Å². The largest absolute Gasteiger partial charge is 0.497 e. The Labute approximate surface area is 100 Å². The first kappa shape index (κ1) is 11.9. The molecule has 2 rings (SSSR count). The van der Waals surface area contributed by atoms with Crippen LogP contribution in [0.4, 0.5) is 0 Å². The van der Waals surface area contributed by atoms with Gasteiger partial charge in [-0.3, -0.25) is 4.79 Å². The highest BCUT2D eigenvalue weighted by atomic mass is 16.5. The number of carboxylic acid groups (broad SMARTS) is 1. The molecule has 0 amide bonds. The Balaban J connectivity index is 2.42. The van der Waals surface area contributed by atoms with E-state index < -0.39 is 16.9 Å². The number of nitrogens with two attached hydrogens (primary N) is 1. The van der Waals surface area contributed by atoms with Crippen molar-refractivity contribution in [2.24, 2.45) is 5.73 Å². The maximum absolute atomic E-state index is 11.3. The van der Waals surface area contributed by atoms with E-state index in [1.165, 1.54) is 0 Å². The van der Waals surface area contributed by atoms with Crippen molar-refractivity contribution in [1.82, 2.24) is 0 Å². The Morgan fingerprint density at radius 3 is 2.65 bits per heavy atom. The van der Waals surface area contributed by atoms with Gasteiger partial charge >= 0.3 is 5.97 Å². The Kier molecular flexibility index (Phi) is 2.62. The molecule has 17 heavy (non-hydrogen) atoms. The van der Waals surface area contributed by atoms with Crippen LogP contribution in [-0.2, 0) is 10.2 Å². The fourth-order valence-corrected chi connectivity index (χ4v) is 2.36. The van der Waals surface area contributed by atoms with E-state index in [-0.39, 0.29) is 0 Å². The molecule has 1 aromatic rings. The topological polar surface area (TPSA) is 72.5 Å². The van der Waals surface area contributed by atoms with E-state index in [0.717, 1.165) is 24.2 Å². The van der Waals surface area contributed by atoms with Crippen molar-refractivity contribution in [1.29, 1.82) is 0 Å². The summed E-state index contributed by atoms with van der Waals surface area (Å²) >= 11 is 0. The molecule has 4 nitrogen and oxygen atoms in total. The van der Waals surface area contributed by atoms with Gasteiger partial charge in [-0.25, -0.2) is 0 Å². The van der Waals surface area contributed by atoms with E-state index in [4.69, 9.17) is 10.5 Å². The molecule has 0 spiro atoms. The average Bonchev–Trinajstić information content (AvgIpc) is 3.10. The first-order valence-electron chi connectivity index (χ1n) is 5.61. The highest BCUT2D eigenvalue weighted by Gasteiger charge is 2.60. The molecule has 0 aliphatic heterocycles. The van der Waals surface area contributed by atoms with E-state index >= 15 is 0 Å². The third-order valence-corrected chi connectivity index (χ3v) is 3.81. The molecule has 0 aromatic heterocycles. The summed E-state index contributed by atoms with van der Waals surface area (Å²) in [5.74, 6) is -0.229. The molecule has 4 heteroatoms. The lowest BCUT2D eigenvalue weighted by atomic mass is 9.78. The summed E-state index contributed by atoms with van der Waals surface area (Å²) in [6.45, 7) is 1.59. The Morgan fingerprint density at radius 1 is 1.53 bits per heavy atom. The standard InChI is InChI=1S/C13H17NO3/c1-12(14,11(15)16)13(6-7-13)9-4-3-5-10(8-9)17-2/h3-5,8H,6-7,14H2,1-2H3,(H,15,16). The van der Waals surface area contributed by atoms with Gasteiger partial charge in [-0.1, -0.05) is 12.1 Å². The molecule has 1 aliphatic carbocycles. The summed E-state index contributed by atoms with van der Waals surface area (Å²) < 4.78 is 5.16. The number of hydrogen-bond donors (Lipinski definition) is 2. The second kappa shape index (κ2) is 3.74. The van der Waals surface area contributed by atoms with Gasteiger partial charge in [-0.05, 0) is 37.5 Å². The molecule has 0 bridgehead atoms. The molecule has 1 atom stereocenters. The zero-order valence-corrected chi connectivity index (χ0v) is 10.1. The molecule has 1 saturated carbocycles. The van der Waals surface area contributed by atoms with Crippen LogP contribution in [0.25, 0.3) is 0 Å². The second-order valence-electron chi connectivity index (χ2n) is 4.82. The molecule has 0 heterocycles. The van der Waals surface area contributed by atoms with Gasteiger partial charge in [0, 0.05) is 5.41 Å². The average molecular weight is 235 g/mol. The van der Waals surface area contributed by atoms with Crippen molar-refractivity contribution in [3.63, 3.8) is 0 Å². The van der Waals surface area contributed by atoms with Gasteiger partial charge in [0.2, 0.25) is 0 Å². The summed E-state index contributed by atoms with van der Waals surface area (Å²) in [5, 5.41) is 9.25. The number of benzene rings is 1. The van der Waals surface area contributed by atoms with E-state index in [1.807, 2.05) is 24.3 Å². The first-order chi connectivity index (χ1) is 7.94. The van der Waals surface area contributed by atoms with Gasteiger partial charge in [0.05, 0.1) is 7.11 Å². The van der Waals surface area contributed by atoms with Crippen molar-refractivity contribution in [2.75, 3.05) is 7.11 Å². The van der Waals surface area contributed by atoms with Gasteiger partial charge in [0.25, 0.3) is 0 Å². The van der Waals surface area contributed by atoms with Gasteiger partial charge in [-0.15, -0.1) is 0 Å². The van der Waals surface area contributed by atoms with E-state index in [0.29, 0.717) is 0 Å². The summed E-state index contributed by atoms with van der Waals surface area (Å²) in [5.41, 5.74) is 5.24. The monoisotopic (exact) mass is 235 g/mol. The molecule has 3 N–H and O–H groups in total. The maximum atomic E-state index is 11.3. The Morgan fingerprint density at radius 2 is 2.18 bits per heavy atom. The first-order valence-corrected chi connectivity index (χ1v) is 5.61. The van der Waals surface area contributed by atoms with Crippen LogP contribution in [0.2, 0.25) is 0 Å². The normalized spacial score (nSPS) is 20.4. The molecule has 1 unspecified atom stereocenters. The molecule has 1 aromatic carbocycles. The molecular formula is C13H17NO3.